The molecule has 1 aromatic heterocycles. The van der Waals surface area contributed by atoms with E-state index in [2.05, 4.69) is 27.5 Å². The summed E-state index contributed by atoms with van der Waals surface area (Å²) in [5.74, 6) is 1.22. The van der Waals surface area contributed by atoms with Gasteiger partial charge in [-0.05, 0) is 38.0 Å². The number of aliphatic imine (C=N–C) groups is 1. The summed E-state index contributed by atoms with van der Waals surface area (Å²) < 4.78 is 24.6. The molecule has 146 valence electrons. The standard InChI is InChI=1S/C19H25FN4O2S/c1-3-21-19(23-7-5-17-24-10-13(2)27-17)22-6-4-14-8-16(20)9-15-11-25-12-26-18(14)15/h8-10H,3-7,11-12H2,1-2H3,(H2,21,22,23). The second-order valence-electron chi connectivity index (χ2n) is 6.22. The number of halogens is 1. The van der Waals surface area contributed by atoms with E-state index in [9.17, 15) is 4.39 Å². The van der Waals surface area contributed by atoms with E-state index in [1.807, 2.05) is 13.1 Å². The Labute approximate surface area is 162 Å². The molecule has 0 atom stereocenters. The summed E-state index contributed by atoms with van der Waals surface area (Å²) in [5.41, 5.74) is 1.60. The molecule has 2 heterocycles. The number of nitrogens with one attached hydrogen (secondary N) is 2. The number of aryl methyl sites for hydroxylation is 1. The van der Waals surface area contributed by atoms with E-state index >= 15 is 0 Å². The largest absolute Gasteiger partial charge is 0.467 e. The van der Waals surface area contributed by atoms with E-state index in [-0.39, 0.29) is 12.6 Å². The number of nitrogens with zero attached hydrogens (tertiary/aromatic N) is 2. The Morgan fingerprint density at radius 1 is 1.33 bits per heavy atom. The van der Waals surface area contributed by atoms with Crippen LogP contribution in [-0.2, 0) is 24.2 Å². The summed E-state index contributed by atoms with van der Waals surface area (Å²) in [6.45, 7) is 6.74. The summed E-state index contributed by atoms with van der Waals surface area (Å²) in [7, 11) is 0. The number of thiazole rings is 1. The summed E-state index contributed by atoms with van der Waals surface area (Å²) in [4.78, 5) is 10.2. The third-order valence-corrected chi connectivity index (χ3v) is 5.02. The lowest BCUT2D eigenvalue weighted by atomic mass is 10.1. The molecule has 0 unspecified atom stereocenters. The molecule has 0 saturated heterocycles. The molecule has 1 aromatic carbocycles. The fourth-order valence-corrected chi connectivity index (χ4v) is 3.66. The molecule has 3 rings (SSSR count). The van der Waals surface area contributed by atoms with Crippen molar-refractivity contribution in [2.24, 2.45) is 4.99 Å². The zero-order valence-electron chi connectivity index (χ0n) is 15.7. The van der Waals surface area contributed by atoms with Gasteiger partial charge in [-0.2, -0.15) is 0 Å². The van der Waals surface area contributed by atoms with Crippen molar-refractivity contribution in [3.8, 4) is 5.75 Å². The van der Waals surface area contributed by atoms with Crippen LogP contribution < -0.4 is 15.4 Å². The molecular weight excluding hydrogens is 367 g/mol. The van der Waals surface area contributed by atoms with Gasteiger partial charge >= 0.3 is 0 Å². The van der Waals surface area contributed by atoms with E-state index in [0.717, 1.165) is 40.8 Å². The Morgan fingerprint density at radius 3 is 3.00 bits per heavy atom. The Hall–Kier alpha value is -2.19. The molecule has 0 bridgehead atoms. The average molecular weight is 393 g/mol. The number of ether oxygens (including phenoxy) is 2. The van der Waals surface area contributed by atoms with Gasteiger partial charge in [-0.1, -0.05) is 0 Å². The highest BCUT2D eigenvalue weighted by Crippen LogP contribution is 2.29. The zero-order chi connectivity index (χ0) is 19.1. The highest BCUT2D eigenvalue weighted by Gasteiger charge is 2.16. The molecule has 0 aliphatic carbocycles. The summed E-state index contributed by atoms with van der Waals surface area (Å²) in [6, 6.07) is 3.00. The number of fused-ring (bicyclic) bond motifs is 1. The smallest absolute Gasteiger partial charge is 0.191 e. The van der Waals surface area contributed by atoms with E-state index in [0.29, 0.717) is 26.1 Å². The van der Waals surface area contributed by atoms with Gasteiger partial charge in [0.05, 0.1) is 11.6 Å². The van der Waals surface area contributed by atoms with Crippen molar-refractivity contribution in [1.29, 1.82) is 0 Å². The maximum atomic E-state index is 13.8. The molecule has 0 spiro atoms. The van der Waals surface area contributed by atoms with Gasteiger partial charge in [-0.3, -0.25) is 4.99 Å². The first-order chi connectivity index (χ1) is 13.2. The lowest BCUT2D eigenvalue weighted by molar-refractivity contribution is -0.0172. The number of rotatable bonds is 7. The van der Waals surface area contributed by atoms with Gasteiger partial charge in [0.2, 0.25) is 0 Å². The van der Waals surface area contributed by atoms with Crippen LogP contribution in [-0.4, -0.2) is 37.4 Å². The molecule has 8 heteroatoms. The monoisotopic (exact) mass is 392 g/mol. The van der Waals surface area contributed by atoms with Crippen molar-refractivity contribution in [1.82, 2.24) is 15.6 Å². The Balaban J connectivity index is 1.55. The minimum absolute atomic E-state index is 0.208. The summed E-state index contributed by atoms with van der Waals surface area (Å²) in [5, 5.41) is 7.63. The maximum Gasteiger partial charge on any atom is 0.191 e. The van der Waals surface area contributed by atoms with Crippen molar-refractivity contribution in [3.63, 3.8) is 0 Å². The van der Waals surface area contributed by atoms with Crippen molar-refractivity contribution in [3.05, 3.63) is 45.2 Å². The van der Waals surface area contributed by atoms with Crippen LogP contribution in [0.15, 0.2) is 23.3 Å². The third-order valence-electron chi connectivity index (χ3n) is 4.05. The normalized spacial score (nSPS) is 13.8. The number of guanidine groups is 1. The first-order valence-electron chi connectivity index (χ1n) is 9.11. The summed E-state index contributed by atoms with van der Waals surface area (Å²) >= 11 is 1.70. The van der Waals surface area contributed by atoms with Crippen molar-refractivity contribution >= 4 is 17.3 Å². The van der Waals surface area contributed by atoms with Crippen LogP contribution in [0, 0.1) is 12.7 Å². The molecule has 6 nitrogen and oxygen atoms in total. The Kier molecular flexibility index (Phi) is 7.00. The van der Waals surface area contributed by atoms with Crippen LogP contribution in [0.1, 0.15) is 27.9 Å². The number of aromatic nitrogens is 1. The fourth-order valence-electron chi connectivity index (χ4n) is 2.88. The molecule has 0 radical (unpaired) electrons. The second kappa shape index (κ2) is 9.66. The predicted octanol–water partition coefficient (Wildman–Crippen LogP) is 2.80. The zero-order valence-corrected chi connectivity index (χ0v) is 16.5. The number of benzene rings is 1. The van der Waals surface area contributed by atoms with Crippen LogP contribution >= 0.6 is 11.3 Å². The van der Waals surface area contributed by atoms with Gasteiger partial charge in [0.15, 0.2) is 12.8 Å². The van der Waals surface area contributed by atoms with Gasteiger partial charge in [-0.25, -0.2) is 9.37 Å². The Morgan fingerprint density at radius 2 is 2.22 bits per heavy atom. The van der Waals surface area contributed by atoms with E-state index in [1.54, 1.807) is 11.3 Å². The van der Waals surface area contributed by atoms with Crippen molar-refractivity contribution < 1.29 is 13.9 Å². The molecule has 1 aliphatic rings. The maximum absolute atomic E-state index is 13.8. The molecule has 1 aliphatic heterocycles. The molecule has 2 aromatic rings. The highest BCUT2D eigenvalue weighted by molar-refractivity contribution is 7.11. The molecular formula is C19H25FN4O2S. The molecule has 27 heavy (non-hydrogen) atoms. The molecule has 0 fully saturated rings. The SMILES string of the molecule is CCNC(=NCCc1ncc(C)s1)NCCc1cc(F)cc2c1OCOC2. The first-order valence-corrected chi connectivity index (χ1v) is 9.92. The van der Waals surface area contributed by atoms with E-state index < -0.39 is 0 Å². The van der Waals surface area contributed by atoms with Crippen LogP contribution in [0.2, 0.25) is 0 Å². The molecule has 0 saturated carbocycles. The van der Waals surface area contributed by atoms with Crippen LogP contribution in [0.25, 0.3) is 0 Å². The predicted molar refractivity (Wildman–Crippen MR) is 105 cm³/mol. The number of hydrogen-bond donors (Lipinski definition) is 2. The van der Waals surface area contributed by atoms with Gasteiger partial charge in [0.1, 0.15) is 11.6 Å². The van der Waals surface area contributed by atoms with Gasteiger partial charge in [0, 0.05) is 42.7 Å². The van der Waals surface area contributed by atoms with Gasteiger partial charge in [-0.15, -0.1) is 11.3 Å². The average Bonchev–Trinajstić information content (AvgIpc) is 3.06. The lowest BCUT2D eigenvalue weighted by Gasteiger charge is -2.21. The minimum Gasteiger partial charge on any atom is -0.467 e. The van der Waals surface area contributed by atoms with E-state index in [1.165, 1.54) is 17.0 Å². The lowest BCUT2D eigenvalue weighted by Crippen LogP contribution is -2.38. The van der Waals surface area contributed by atoms with Gasteiger partial charge < -0.3 is 20.1 Å². The Bertz CT molecular complexity index is 794. The fraction of sp³-hybridized carbons (Fsp3) is 0.474. The van der Waals surface area contributed by atoms with Crippen LogP contribution in [0.5, 0.6) is 5.75 Å². The van der Waals surface area contributed by atoms with Crippen molar-refractivity contribution in [2.75, 3.05) is 26.4 Å². The topological polar surface area (TPSA) is 67.8 Å². The van der Waals surface area contributed by atoms with Crippen LogP contribution in [0.4, 0.5) is 4.39 Å². The quantitative estimate of drug-likeness (QED) is 0.560. The first kappa shape index (κ1) is 19.6. The van der Waals surface area contributed by atoms with Crippen molar-refractivity contribution in [2.45, 2.75) is 33.3 Å². The molecule has 0 amide bonds. The minimum atomic E-state index is -0.267. The van der Waals surface area contributed by atoms with E-state index in [4.69, 9.17) is 9.47 Å². The van der Waals surface area contributed by atoms with Crippen LogP contribution in [0.3, 0.4) is 0 Å². The highest BCUT2D eigenvalue weighted by atomic mass is 32.1. The molecule has 2 N–H and O–H groups in total. The summed E-state index contributed by atoms with van der Waals surface area (Å²) in [6.07, 6.45) is 3.34. The second-order valence-corrected chi connectivity index (χ2v) is 7.54. The third kappa shape index (κ3) is 5.64. The van der Waals surface area contributed by atoms with Gasteiger partial charge in [0.25, 0.3) is 0 Å². The number of hydrogen-bond acceptors (Lipinski definition) is 5.